The molecular formula is C11H7BrClNO. The van der Waals surface area contributed by atoms with Crippen molar-refractivity contribution in [3.63, 3.8) is 0 Å². The molecule has 0 bridgehead atoms. The summed E-state index contributed by atoms with van der Waals surface area (Å²) >= 11 is 9.26. The van der Waals surface area contributed by atoms with E-state index in [0.29, 0.717) is 11.8 Å². The van der Waals surface area contributed by atoms with Gasteiger partial charge in [-0.3, -0.25) is 4.79 Å². The number of fused-ring (bicyclic) bond motifs is 1. The minimum Gasteiger partial charge on any atom is -0.298 e. The van der Waals surface area contributed by atoms with Gasteiger partial charge in [-0.25, -0.2) is 4.98 Å². The Bertz CT molecular complexity index is 554. The number of carbonyl (C=O) groups excluding carboxylic acids is 1. The van der Waals surface area contributed by atoms with Crippen LogP contribution in [0.4, 0.5) is 0 Å². The molecule has 1 aromatic carbocycles. The highest BCUT2D eigenvalue weighted by molar-refractivity contribution is 9.10. The van der Waals surface area contributed by atoms with Gasteiger partial charge in [0, 0.05) is 9.86 Å². The van der Waals surface area contributed by atoms with E-state index in [4.69, 9.17) is 11.6 Å². The Labute approximate surface area is 100 Å². The van der Waals surface area contributed by atoms with Gasteiger partial charge in [0.15, 0.2) is 6.29 Å². The van der Waals surface area contributed by atoms with Gasteiger partial charge in [-0.2, -0.15) is 0 Å². The molecule has 0 aliphatic heterocycles. The molecule has 1 heterocycles. The predicted molar refractivity (Wildman–Crippen MR) is 64.6 cm³/mol. The number of pyridine rings is 1. The van der Waals surface area contributed by atoms with Crippen LogP contribution in [0.15, 0.2) is 22.7 Å². The van der Waals surface area contributed by atoms with E-state index in [9.17, 15) is 4.79 Å². The van der Waals surface area contributed by atoms with Crippen LogP contribution in [-0.4, -0.2) is 11.3 Å². The Morgan fingerprint density at radius 1 is 1.40 bits per heavy atom. The number of aromatic nitrogens is 1. The van der Waals surface area contributed by atoms with E-state index in [1.165, 1.54) is 0 Å². The zero-order valence-electron chi connectivity index (χ0n) is 7.92. The normalized spacial score (nSPS) is 10.6. The molecule has 0 radical (unpaired) electrons. The van der Waals surface area contributed by atoms with E-state index in [0.717, 1.165) is 20.9 Å². The second-order valence-electron chi connectivity index (χ2n) is 3.28. The fourth-order valence-electron chi connectivity index (χ4n) is 1.50. The molecule has 0 fully saturated rings. The molecule has 15 heavy (non-hydrogen) atoms. The van der Waals surface area contributed by atoms with Crippen molar-refractivity contribution in [2.45, 2.75) is 6.92 Å². The van der Waals surface area contributed by atoms with Crippen LogP contribution in [0.3, 0.4) is 0 Å². The molecule has 0 aliphatic carbocycles. The van der Waals surface area contributed by atoms with E-state index in [-0.39, 0.29) is 5.15 Å². The van der Waals surface area contributed by atoms with E-state index in [1.807, 2.05) is 19.1 Å². The zero-order valence-corrected chi connectivity index (χ0v) is 10.3. The molecule has 0 aliphatic rings. The molecule has 0 spiro atoms. The summed E-state index contributed by atoms with van der Waals surface area (Å²) in [5.41, 5.74) is 2.27. The lowest BCUT2D eigenvalue weighted by molar-refractivity contribution is 0.112. The van der Waals surface area contributed by atoms with Gasteiger partial charge in [-0.15, -0.1) is 0 Å². The van der Waals surface area contributed by atoms with Crippen LogP contribution >= 0.6 is 27.5 Å². The second-order valence-corrected chi connectivity index (χ2v) is 4.55. The summed E-state index contributed by atoms with van der Waals surface area (Å²) in [4.78, 5) is 14.9. The summed E-state index contributed by atoms with van der Waals surface area (Å²) in [6, 6.07) is 5.63. The molecule has 0 amide bonds. The number of nitrogens with zero attached hydrogens (tertiary/aromatic N) is 1. The van der Waals surface area contributed by atoms with Crippen molar-refractivity contribution >= 4 is 44.7 Å². The summed E-state index contributed by atoms with van der Waals surface area (Å²) in [5.74, 6) is 0. The van der Waals surface area contributed by atoms with Gasteiger partial charge in [0.25, 0.3) is 0 Å². The molecule has 2 nitrogen and oxygen atoms in total. The van der Waals surface area contributed by atoms with Crippen molar-refractivity contribution in [1.29, 1.82) is 0 Å². The van der Waals surface area contributed by atoms with Crippen molar-refractivity contribution in [1.82, 2.24) is 4.98 Å². The van der Waals surface area contributed by atoms with Crippen LogP contribution in [-0.2, 0) is 0 Å². The van der Waals surface area contributed by atoms with Crippen LogP contribution in [0.2, 0.25) is 5.15 Å². The maximum atomic E-state index is 10.7. The van der Waals surface area contributed by atoms with Crippen LogP contribution in [0.1, 0.15) is 15.9 Å². The number of carbonyl (C=O) groups is 1. The number of aryl methyl sites for hydroxylation is 1. The molecule has 2 aromatic rings. The third kappa shape index (κ3) is 1.90. The molecule has 0 unspecified atom stereocenters. The summed E-state index contributed by atoms with van der Waals surface area (Å²) < 4.78 is 0.966. The third-order valence-corrected chi connectivity index (χ3v) is 2.94. The van der Waals surface area contributed by atoms with E-state index in [1.54, 1.807) is 6.07 Å². The molecule has 0 N–H and O–H groups in total. The number of rotatable bonds is 1. The quantitative estimate of drug-likeness (QED) is 0.589. The van der Waals surface area contributed by atoms with Crippen molar-refractivity contribution < 1.29 is 4.79 Å². The fourth-order valence-corrected chi connectivity index (χ4v) is 2.27. The van der Waals surface area contributed by atoms with Gasteiger partial charge in [-0.1, -0.05) is 27.5 Å². The van der Waals surface area contributed by atoms with Crippen LogP contribution in [0, 0.1) is 6.92 Å². The lowest BCUT2D eigenvalue weighted by atomic mass is 10.1. The van der Waals surface area contributed by atoms with E-state index in [2.05, 4.69) is 20.9 Å². The number of aldehydes is 1. The largest absolute Gasteiger partial charge is 0.298 e. The van der Waals surface area contributed by atoms with Crippen LogP contribution < -0.4 is 0 Å². The molecule has 2 rings (SSSR count). The Kier molecular flexibility index (Phi) is 2.76. The first-order valence-corrected chi connectivity index (χ1v) is 5.50. The summed E-state index contributed by atoms with van der Waals surface area (Å²) in [5, 5.41) is 1.16. The van der Waals surface area contributed by atoms with Gasteiger partial charge in [0.05, 0.1) is 11.1 Å². The lowest BCUT2D eigenvalue weighted by Gasteiger charge is -2.04. The van der Waals surface area contributed by atoms with Gasteiger partial charge in [-0.05, 0) is 30.7 Å². The second kappa shape index (κ2) is 3.91. The van der Waals surface area contributed by atoms with Crippen LogP contribution in [0.25, 0.3) is 10.9 Å². The Morgan fingerprint density at radius 2 is 2.13 bits per heavy atom. The minimum atomic E-state index is 0.253. The first-order chi connectivity index (χ1) is 7.11. The first kappa shape index (κ1) is 10.6. The van der Waals surface area contributed by atoms with Gasteiger partial charge >= 0.3 is 0 Å². The Morgan fingerprint density at radius 3 is 2.80 bits per heavy atom. The van der Waals surface area contributed by atoms with Crippen molar-refractivity contribution in [3.8, 4) is 0 Å². The highest BCUT2D eigenvalue weighted by atomic mass is 79.9. The van der Waals surface area contributed by atoms with Crippen LogP contribution in [0.5, 0.6) is 0 Å². The van der Waals surface area contributed by atoms with Gasteiger partial charge in [0.2, 0.25) is 0 Å². The average molecular weight is 285 g/mol. The molecular weight excluding hydrogens is 277 g/mol. The summed E-state index contributed by atoms with van der Waals surface area (Å²) in [6.07, 6.45) is 0.713. The standard InChI is InChI=1S/C11H7BrClNO/c1-6-2-9(12)4-7-3-8(5-15)11(13)14-10(6)7/h2-5H,1H3. The molecule has 1 aromatic heterocycles. The van der Waals surface area contributed by atoms with Crippen molar-refractivity contribution in [2.75, 3.05) is 0 Å². The van der Waals surface area contributed by atoms with E-state index >= 15 is 0 Å². The topological polar surface area (TPSA) is 30.0 Å². The fraction of sp³-hybridized carbons (Fsp3) is 0.0909. The van der Waals surface area contributed by atoms with Crippen molar-refractivity contribution in [3.05, 3.63) is 39.0 Å². The summed E-state index contributed by atoms with van der Waals surface area (Å²) in [7, 11) is 0. The molecule has 0 atom stereocenters. The van der Waals surface area contributed by atoms with E-state index < -0.39 is 0 Å². The number of halogens is 2. The first-order valence-electron chi connectivity index (χ1n) is 4.33. The van der Waals surface area contributed by atoms with Gasteiger partial charge in [0.1, 0.15) is 5.15 Å². The average Bonchev–Trinajstić information content (AvgIpc) is 2.18. The lowest BCUT2D eigenvalue weighted by Crippen LogP contribution is -1.90. The Balaban J connectivity index is 2.87. The minimum absolute atomic E-state index is 0.253. The van der Waals surface area contributed by atoms with Crippen molar-refractivity contribution in [2.24, 2.45) is 0 Å². The van der Waals surface area contributed by atoms with Gasteiger partial charge < -0.3 is 0 Å². The number of hydrogen-bond donors (Lipinski definition) is 0. The number of hydrogen-bond acceptors (Lipinski definition) is 2. The molecule has 0 saturated carbocycles. The smallest absolute Gasteiger partial charge is 0.153 e. The third-order valence-electron chi connectivity index (χ3n) is 2.18. The maximum absolute atomic E-state index is 10.7. The Hall–Kier alpha value is -0.930. The molecule has 4 heteroatoms. The predicted octanol–water partition coefficient (Wildman–Crippen LogP) is 3.77. The molecule has 0 saturated heterocycles. The monoisotopic (exact) mass is 283 g/mol. The number of benzene rings is 1. The SMILES string of the molecule is Cc1cc(Br)cc2cc(C=O)c(Cl)nc12. The molecule has 76 valence electrons. The highest BCUT2D eigenvalue weighted by Gasteiger charge is 2.06. The maximum Gasteiger partial charge on any atom is 0.153 e. The summed E-state index contributed by atoms with van der Waals surface area (Å²) in [6.45, 7) is 1.96. The zero-order chi connectivity index (χ0) is 11.0. The highest BCUT2D eigenvalue weighted by Crippen LogP contribution is 2.25.